The van der Waals surface area contributed by atoms with Crippen LogP contribution in [0.5, 0.6) is 5.75 Å². The lowest BCUT2D eigenvalue weighted by Crippen LogP contribution is -2.44. The molecule has 2 N–H and O–H groups in total. The molecule has 1 amide bonds. The van der Waals surface area contributed by atoms with Crippen molar-refractivity contribution in [3.05, 3.63) is 52.5 Å². The third-order valence-corrected chi connectivity index (χ3v) is 4.84. The Morgan fingerprint density at radius 2 is 1.84 bits per heavy atom. The second-order valence-electron chi connectivity index (χ2n) is 6.41. The first kappa shape index (κ1) is 17.6. The Labute approximate surface area is 152 Å². The van der Waals surface area contributed by atoms with Gasteiger partial charge >= 0.3 is 0 Å². The molecule has 0 atom stereocenters. The molecule has 2 aromatic carbocycles. The normalized spacial score (nSPS) is 15.2. The van der Waals surface area contributed by atoms with E-state index in [2.05, 4.69) is 28.2 Å². The van der Waals surface area contributed by atoms with E-state index < -0.39 is 0 Å². The molecule has 0 aliphatic carbocycles. The van der Waals surface area contributed by atoms with Crippen LogP contribution in [0.15, 0.2) is 36.4 Å². The summed E-state index contributed by atoms with van der Waals surface area (Å²) in [6.45, 7) is 6.11. The lowest BCUT2D eigenvalue weighted by atomic mass is 10.1. The number of hydrogen-bond donors (Lipinski definition) is 2. The molecule has 1 saturated heterocycles. The molecule has 6 heteroatoms. The molecule has 3 rings (SSSR count). The van der Waals surface area contributed by atoms with Crippen LogP contribution in [-0.2, 0) is 0 Å². The van der Waals surface area contributed by atoms with Crippen LogP contribution >= 0.6 is 11.6 Å². The Kier molecular flexibility index (Phi) is 5.16. The molecule has 2 aromatic rings. The number of nitrogens with zero attached hydrogens (tertiary/aromatic N) is 2. The number of likely N-dealkylation sites (N-methyl/N-ethyl adjacent to an activating group) is 1. The molecule has 132 valence electrons. The van der Waals surface area contributed by atoms with E-state index in [1.165, 1.54) is 17.8 Å². The SMILES string of the molecule is Cc1cc(N2CCN(C)CC2)ccc1NC(=O)c1ccc(O)c(Cl)c1. The third kappa shape index (κ3) is 4.06. The number of halogens is 1. The van der Waals surface area contributed by atoms with Crippen LogP contribution in [0, 0.1) is 6.92 Å². The number of nitrogens with one attached hydrogen (secondary N) is 1. The van der Waals surface area contributed by atoms with Gasteiger partial charge in [-0.3, -0.25) is 4.79 Å². The van der Waals surface area contributed by atoms with Crippen molar-refractivity contribution in [1.29, 1.82) is 0 Å². The molecule has 0 saturated carbocycles. The van der Waals surface area contributed by atoms with E-state index in [1.54, 1.807) is 6.07 Å². The van der Waals surface area contributed by atoms with Crippen LogP contribution in [0.2, 0.25) is 5.02 Å². The number of benzene rings is 2. The van der Waals surface area contributed by atoms with Crippen LogP contribution in [0.4, 0.5) is 11.4 Å². The number of aryl methyl sites for hydroxylation is 1. The fraction of sp³-hybridized carbons (Fsp3) is 0.316. The Bertz CT molecular complexity index is 786. The maximum atomic E-state index is 12.4. The fourth-order valence-electron chi connectivity index (χ4n) is 2.89. The molecular weight excluding hydrogens is 338 g/mol. The summed E-state index contributed by atoms with van der Waals surface area (Å²) in [4.78, 5) is 17.1. The maximum Gasteiger partial charge on any atom is 0.255 e. The van der Waals surface area contributed by atoms with Gasteiger partial charge in [-0.2, -0.15) is 0 Å². The first-order valence-corrected chi connectivity index (χ1v) is 8.66. The summed E-state index contributed by atoms with van der Waals surface area (Å²) >= 11 is 5.87. The van der Waals surface area contributed by atoms with Gasteiger partial charge in [-0.15, -0.1) is 0 Å². The Hall–Kier alpha value is -2.24. The minimum atomic E-state index is -0.252. The maximum absolute atomic E-state index is 12.4. The molecule has 0 bridgehead atoms. The zero-order valence-electron chi connectivity index (χ0n) is 14.4. The van der Waals surface area contributed by atoms with Crippen LogP contribution in [0.1, 0.15) is 15.9 Å². The van der Waals surface area contributed by atoms with Crippen molar-refractivity contribution in [2.24, 2.45) is 0 Å². The summed E-state index contributed by atoms with van der Waals surface area (Å²) in [5, 5.41) is 12.5. The van der Waals surface area contributed by atoms with Gasteiger partial charge < -0.3 is 20.2 Å². The molecule has 0 aromatic heterocycles. The molecule has 0 radical (unpaired) electrons. The Morgan fingerprint density at radius 3 is 2.48 bits per heavy atom. The predicted molar refractivity (Wildman–Crippen MR) is 102 cm³/mol. The van der Waals surface area contributed by atoms with Gasteiger partial charge in [0.2, 0.25) is 0 Å². The molecular formula is C19H22ClN3O2. The largest absolute Gasteiger partial charge is 0.506 e. The summed E-state index contributed by atoms with van der Waals surface area (Å²) in [6, 6.07) is 10.5. The lowest BCUT2D eigenvalue weighted by molar-refractivity contribution is 0.102. The number of carbonyl (C=O) groups excluding carboxylic acids is 1. The number of amides is 1. The summed E-state index contributed by atoms with van der Waals surface area (Å²) < 4.78 is 0. The van der Waals surface area contributed by atoms with E-state index in [0.29, 0.717) is 5.56 Å². The minimum Gasteiger partial charge on any atom is -0.506 e. The smallest absolute Gasteiger partial charge is 0.255 e. The first-order chi connectivity index (χ1) is 11.9. The molecule has 25 heavy (non-hydrogen) atoms. The number of aromatic hydroxyl groups is 1. The number of rotatable bonds is 3. The van der Waals surface area contributed by atoms with E-state index in [4.69, 9.17) is 11.6 Å². The van der Waals surface area contributed by atoms with Gasteiger partial charge in [0.25, 0.3) is 5.91 Å². The molecule has 1 fully saturated rings. The second-order valence-corrected chi connectivity index (χ2v) is 6.82. The van der Waals surface area contributed by atoms with Crippen molar-refractivity contribution in [1.82, 2.24) is 4.90 Å². The average Bonchev–Trinajstić information content (AvgIpc) is 2.59. The monoisotopic (exact) mass is 359 g/mol. The highest BCUT2D eigenvalue weighted by molar-refractivity contribution is 6.32. The summed E-state index contributed by atoms with van der Waals surface area (Å²) in [7, 11) is 2.14. The van der Waals surface area contributed by atoms with E-state index in [-0.39, 0.29) is 16.7 Å². The number of hydrogen-bond acceptors (Lipinski definition) is 4. The molecule has 1 aliphatic rings. The number of piperazine rings is 1. The first-order valence-electron chi connectivity index (χ1n) is 8.28. The Morgan fingerprint density at radius 1 is 1.12 bits per heavy atom. The van der Waals surface area contributed by atoms with E-state index in [0.717, 1.165) is 37.4 Å². The highest BCUT2D eigenvalue weighted by Crippen LogP contribution is 2.26. The zero-order valence-corrected chi connectivity index (χ0v) is 15.2. The highest BCUT2D eigenvalue weighted by atomic mass is 35.5. The van der Waals surface area contributed by atoms with Crippen molar-refractivity contribution in [3.63, 3.8) is 0 Å². The van der Waals surface area contributed by atoms with E-state index >= 15 is 0 Å². The Balaban J connectivity index is 1.72. The van der Waals surface area contributed by atoms with E-state index in [1.807, 2.05) is 19.1 Å². The van der Waals surface area contributed by atoms with Crippen molar-refractivity contribution >= 4 is 28.9 Å². The van der Waals surface area contributed by atoms with Gasteiger partial charge in [-0.1, -0.05) is 11.6 Å². The number of anilines is 2. The number of phenols is 1. The van der Waals surface area contributed by atoms with Crippen LogP contribution < -0.4 is 10.2 Å². The fourth-order valence-corrected chi connectivity index (χ4v) is 3.07. The van der Waals surface area contributed by atoms with Gasteiger partial charge in [-0.05, 0) is 55.9 Å². The van der Waals surface area contributed by atoms with E-state index in [9.17, 15) is 9.90 Å². The van der Waals surface area contributed by atoms with Crippen LogP contribution in [0.25, 0.3) is 0 Å². The van der Waals surface area contributed by atoms with Gasteiger partial charge in [0.1, 0.15) is 5.75 Å². The highest BCUT2D eigenvalue weighted by Gasteiger charge is 2.16. The van der Waals surface area contributed by atoms with Crippen molar-refractivity contribution in [3.8, 4) is 5.75 Å². The molecule has 1 heterocycles. The van der Waals surface area contributed by atoms with Crippen molar-refractivity contribution in [2.45, 2.75) is 6.92 Å². The average molecular weight is 360 g/mol. The minimum absolute atomic E-state index is 0.0362. The quantitative estimate of drug-likeness (QED) is 0.882. The summed E-state index contributed by atoms with van der Waals surface area (Å²) in [5.41, 5.74) is 3.36. The van der Waals surface area contributed by atoms with Crippen molar-refractivity contribution in [2.75, 3.05) is 43.4 Å². The van der Waals surface area contributed by atoms with Gasteiger partial charge in [0.05, 0.1) is 5.02 Å². The van der Waals surface area contributed by atoms with Crippen LogP contribution in [-0.4, -0.2) is 49.1 Å². The third-order valence-electron chi connectivity index (χ3n) is 4.54. The number of phenolic OH excluding ortho intramolecular Hbond substituents is 1. The zero-order chi connectivity index (χ0) is 18.0. The lowest BCUT2D eigenvalue weighted by Gasteiger charge is -2.34. The van der Waals surface area contributed by atoms with Gasteiger partial charge in [-0.25, -0.2) is 0 Å². The second kappa shape index (κ2) is 7.33. The predicted octanol–water partition coefficient (Wildman–Crippen LogP) is 3.36. The molecule has 5 nitrogen and oxygen atoms in total. The molecule has 0 spiro atoms. The standard InChI is InChI=1S/C19H22ClN3O2/c1-13-11-15(23-9-7-22(2)8-10-23)4-5-17(13)21-19(25)14-3-6-18(24)16(20)12-14/h3-6,11-12,24H,7-10H2,1-2H3,(H,21,25). The summed E-state index contributed by atoms with van der Waals surface area (Å²) in [5.74, 6) is -0.289. The van der Waals surface area contributed by atoms with Gasteiger partial charge in [0.15, 0.2) is 0 Å². The number of carbonyl (C=O) groups is 1. The summed E-state index contributed by atoms with van der Waals surface area (Å²) in [6.07, 6.45) is 0. The molecule has 0 unspecified atom stereocenters. The van der Waals surface area contributed by atoms with Crippen LogP contribution in [0.3, 0.4) is 0 Å². The topological polar surface area (TPSA) is 55.8 Å². The van der Waals surface area contributed by atoms with Gasteiger partial charge in [0, 0.05) is 43.1 Å². The molecule has 1 aliphatic heterocycles. The van der Waals surface area contributed by atoms with Crippen molar-refractivity contribution < 1.29 is 9.90 Å².